The van der Waals surface area contributed by atoms with E-state index in [2.05, 4.69) is 0 Å². The fourth-order valence-electron chi connectivity index (χ4n) is 1.86. The minimum absolute atomic E-state index is 0.107. The smallest absolute Gasteiger partial charge is 0.336 e. The Morgan fingerprint density at radius 3 is 2.70 bits per heavy atom. The first-order valence-electron chi connectivity index (χ1n) is 6.95. The number of hydrogen-bond donors (Lipinski definition) is 0. The summed E-state index contributed by atoms with van der Waals surface area (Å²) in [5.74, 6) is -0.213. The molecular formula is C18H14ClNO3. The summed E-state index contributed by atoms with van der Waals surface area (Å²) in [6.45, 7) is 2.14. The Morgan fingerprint density at radius 1 is 1.30 bits per heavy atom. The van der Waals surface area contributed by atoms with Crippen molar-refractivity contribution in [2.24, 2.45) is 0 Å². The fraction of sp³-hybridized carbons (Fsp3) is 0.111. The van der Waals surface area contributed by atoms with Crippen LogP contribution in [0, 0.1) is 11.3 Å². The Balaban J connectivity index is 2.20. The molecule has 0 amide bonds. The first kappa shape index (κ1) is 16.6. The maximum Gasteiger partial charge on any atom is 0.336 e. The molecule has 0 N–H and O–H groups in total. The SMILES string of the molecule is CCOc1cc(C#N)cc(Cl)c1OC(=O)/C=C/c1ccccc1. The monoisotopic (exact) mass is 327 g/mol. The van der Waals surface area contributed by atoms with E-state index in [1.165, 1.54) is 18.2 Å². The molecule has 23 heavy (non-hydrogen) atoms. The molecule has 5 heteroatoms. The minimum Gasteiger partial charge on any atom is -0.490 e. The van der Waals surface area contributed by atoms with Crippen LogP contribution < -0.4 is 9.47 Å². The van der Waals surface area contributed by atoms with Crippen molar-refractivity contribution < 1.29 is 14.3 Å². The molecule has 2 aromatic rings. The highest BCUT2D eigenvalue weighted by Crippen LogP contribution is 2.36. The summed E-state index contributed by atoms with van der Waals surface area (Å²) in [5.41, 5.74) is 1.21. The molecule has 2 aromatic carbocycles. The molecule has 0 radical (unpaired) electrons. The molecule has 0 unspecified atom stereocenters. The third-order valence-electron chi connectivity index (χ3n) is 2.85. The highest BCUT2D eigenvalue weighted by atomic mass is 35.5. The van der Waals surface area contributed by atoms with Crippen molar-refractivity contribution in [1.29, 1.82) is 5.26 Å². The lowest BCUT2D eigenvalue weighted by atomic mass is 10.2. The molecule has 116 valence electrons. The van der Waals surface area contributed by atoms with Crippen LogP contribution in [0.25, 0.3) is 6.08 Å². The number of halogens is 1. The topological polar surface area (TPSA) is 59.3 Å². The van der Waals surface area contributed by atoms with Gasteiger partial charge in [0.2, 0.25) is 0 Å². The van der Waals surface area contributed by atoms with Gasteiger partial charge in [0.05, 0.1) is 23.3 Å². The second-order valence-corrected chi connectivity index (χ2v) is 4.90. The van der Waals surface area contributed by atoms with Crippen LogP contribution >= 0.6 is 11.6 Å². The summed E-state index contributed by atoms with van der Waals surface area (Å²) < 4.78 is 10.6. The van der Waals surface area contributed by atoms with E-state index in [4.69, 9.17) is 26.3 Å². The van der Waals surface area contributed by atoms with Gasteiger partial charge in [-0.15, -0.1) is 0 Å². The lowest BCUT2D eigenvalue weighted by Gasteiger charge is -2.11. The second kappa shape index (κ2) is 8.02. The Kier molecular flexibility index (Phi) is 5.79. The second-order valence-electron chi connectivity index (χ2n) is 4.50. The summed E-state index contributed by atoms with van der Waals surface area (Å²) >= 11 is 6.08. The van der Waals surface area contributed by atoms with E-state index in [1.54, 1.807) is 13.0 Å². The molecule has 0 aliphatic rings. The van der Waals surface area contributed by atoms with E-state index in [1.807, 2.05) is 36.4 Å². The van der Waals surface area contributed by atoms with Crippen molar-refractivity contribution in [3.8, 4) is 17.6 Å². The number of nitrogens with zero attached hydrogens (tertiary/aromatic N) is 1. The van der Waals surface area contributed by atoms with Gasteiger partial charge in [-0.25, -0.2) is 4.79 Å². The molecule has 2 rings (SSSR count). The minimum atomic E-state index is -0.582. The molecule has 0 aromatic heterocycles. The average Bonchev–Trinajstić information content (AvgIpc) is 2.57. The van der Waals surface area contributed by atoms with Gasteiger partial charge in [0.25, 0.3) is 0 Å². The normalized spacial score (nSPS) is 10.3. The Labute approximate surface area is 139 Å². The number of esters is 1. The zero-order chi connectivity index (χ0) is 16.7. The fourth-order valence-corrected chi connectivity index (χ4v) is 2.11. The third-order valence-corrected chi connectivity index (χ3v) is 3.13. The van der Waals surface area contributed by atoms with Gasteiger partial charge in [-0.3, -0.25) is 0 Å². The van der Waals surface area contributed by atoms with Crippen LogP contribution in [0.1, 0.15) is 18.1 Å². The zero-order valence-corrected chi connectivity index (χ0v) is 13.2. The van der Waals surface area contributed by atoms with E-state index in [0.717, 1.165) is 5.56 Å². The zero-order valence-electron chi connectivity index (χ0n) is 12.5. The number of hydrogen-bond acceptors (Lipinski definition) is 4. The van der Waals surface area contributed by atoms with Crippen LogP contribution in [0.2, 0.25) is 5.02 Å². The summed E-state index contributed by atoms with van der Waals surface area (Å²) in [5, 5.41) is 9.10. The number of carbonyl (C=O) groups is 1. The van der Waals surface area contributed by atoms with Crippen molar-refractivity contribution in [3.63, 3.8) is 0 Å². The van der Waals surface area contributed by atoms with Crippen LogP contribution in [0.15, 0.2) is 48.5 Å². The maximum atomic E-state index is 12.0. The lowest BCUT2D eigenvalue weighted by Crippen LogP contribution is -2.06. The first-order chi connectivity index (χ1) is 11.1. The Bertz CT molecular complexity index is 764. The van der Waals surface area contributed by atoms with Gasteiger partial charge in [-0.2, -0.15) is 5.26 Å². The number of ether oxygens (including phenoxy) is 2. The van der Waals surface area contributed by atoms with Crippen LogP contribution in [0.4, 0.5) is 0 Å². The highest BCUT2D eigenvalue weighted by molar-refractivity contribution is 6.32. The molecule has 0 aliphatic carbocycles. The lowest BCUT2D eigenvalue weighted by molar-refractivity contribution is -0.129. The van der Waals surface area contributed by atoms with Gasteiger partial charge in [-0.1, -0.05) is 41.9 Å². The van der Waals surface area contributed by atoms with E-state index in [-0.39, 0.29) is 16.5 Å². The largest absolute Gasteiger partial charge is 0.490 e. The summed E-state index contributed by atoms with van der Waals surface area (Å²) in [6, 6.07) is 14.2. The quantitative estimate of drug-likeness (QED) is 0.468. The molecule has 0 atom stereocenters. The molecule has 0 saturated heterocycles. The van der Waals surface area contributed by atoms with Gasteiger partial charge in [-0.05, 0) is 24.6 Å². The van der Waals surface area contributed by atoms with E-state index >= 15 is 0 Å². The molecule has 0 spiro atoms. The van der Waals surface area contributed by atoms with Crippen molar-refractivity contribution >= 4 is 23.6 Å². The van der Waals surface area contributed by atoms with Crippen LogP contribution in [0.3, 0.4) is 0 Å². The number of rotatable bonds is 5. The standard InChI is InChI=1S/C18H14ClNO3/c1-2-22-16-11-14(12-20)10-15(19)18(16)23-17(21)9-8-13-6-4-3-5-7-13/h3-11H,2H2,1H3/b9-8+. The average molecular weight is 328 g/mol. The van der Waals surface area contributed by atoms with Gasteiger partial charge in [0, 0.05) is 12.1 Å². The predicted molar refractivity (Wildman–Crippen MR) is 88.4 cm³/mol. The van der Waals surface area contributed by atoms with Crippen molar-refractivity contribution in [3.05, 3.63) is 64.7 Å². The van der Waals surface area contributed by atoms with Crippen LogP contribution in [-0.4, -0.2) is 12.6 Å². The number of benzene rings is 2. The van der Waals surface area contributed by atoms with Crippen molar-refractivity contribution in [2.45, 2.75) is 6.92 Å². The van der Waals surface area contributed by atoms with Crippen molar-refractivity contribution in [2.75, 3.05) is 6.61 Å². The van der Waals surface area contributed by atoms with Crippen LogP contribution in [-0.2, 0) is 4.79 Å². The van der Waals surface area contributed by atoms with Gasteiger partial charge in [0.1, 0.15) is 0 Å². The van der Waals surface area contributed by atoms with Crippen LogP contribution in [0.5, 0.6) is 11.5 Å². The Hall–Kier alpha value is -2.77. The van der Waals surface area contributed by atoms with E-state index in [0.29, 0.717) is 12.2 Å². The molecular weight excluding hydrogens is 314 g/mol. The molecule has 4 nitrogen and oxygen atoms in total. The molecule has 0 saturated carbocycles. The molecule has 0 aliphatic heterocycles. The molecule has 0 bridgehead atoms. The summed E-state index contributed by atoms with van der Waals surface area (Å²) in [6.07, 6.45) is 2.94. The molecule has 0 fully saturated rings. The van der Waals surface area contributed by atoms with Gasteiger partial charge >= 0.3 is 5.97 Å². The van der Waals surface area contributed by atoms with Gasteiger partial charge in [0.15, 0.2) is 11.5 Å². The highest BCUT2D eigenvalue weighted by Gasteiger charge is 2.15. The summed E-state index contributed by atoms with van der Waals surface area (Å²) in [4.78, 5) is 12.0. The van der Waals surface area contributed by atoms with Crippen molar-refractivity contribution in [1.82, 2.24) is 0 Å². The number of carbonyl (C=O) groups excluding carboxylic acids is 1. The van der Waals surface area contributed by atoms with E-state index < -0.39 is 5.97 Å². The molecule has 0 heterocycles. The Morgan fingerprint density at radius 2 is 2.04 bits per heavy atom. The predicted octanol–water partition coefficient (Wildman–Crippen LogP) is 4.23. The maximum absolute atomic E-state index is 12.0. The number of nitriles is 1. The van der Waals surface area contributed by atoms with E-state index in [9.17, 15) is 4.79 Å². The van der Waals surface area contributed by atoms with Gasteiger partial charge < -0.3 is 9.47 Å². The first-order valence-corrected chi connectivity index (χ1v) is 7.33. The summed E-state index contributed by atoms with van der Waals surface area (Å²) in [7, 11) is 0. The third kappa shape index (κ3) is 4.60.